The molecule has 26 heavy (non-hydrogen) atoms. The van der Waals surface area contributed by atoms with E-state index in [0.717, 1.165) is 18.6 Å². The number of anilines is 2. The zero-order valence-corrected chi connectivity index (χ0v) is 14.6. The summed E-state index contributed by atoms with van der Waals surface area (Å²) in [4.78, 5) is 12.7. The monoisotopic (exact) mass is 382 g/mol. The number of sulfonamides is 1. The smallest absolute Gasteiger partial charge is 0.264 e. The standard InChI is InChI=1S/C17H16F2N2O4S/c1-25-15-10-12(5-7-14(15)21-8-2-3-17(21)22)20-26(23,24)16-9-11(18)4-6-13(16)19/h4-7,9-10,20H,2-3,8H2,1H3. The number of amides is 1. The van der Waals surface area contributed by atoms with Gasteiger partial charge >= 0.3 is 0 Å². The Morgan fingerprint density at radius 3 is 2.58 bits per heavy atom. The van der Waals surface area contributed by atoms with Crippen LogP contribution in [-0.2, 0) is 14.8 Å². The van der Waals surface area contributed by atoms with Crippen LogP contribution >= 0.6 is 0 Å². The third kappa shape index (κ3) is 3.48. The SMILES string of the molecule is COc1cc(NS(=O)(=O)c2cc(F)ccc2F)ccc1N1CCCC1=O. The minimum absolute atomic E-state index is 0.0431. The molecule has 0 saturated carbocycles. The predicted molar refractivity (Wildman–Crippen MR) is 91.7 cm³/mol. The Morgan fingerprint density at radius 2 is 1.92 bits per heavy atom. The lowest BCUT2D eigenvalue weighted by molar-refractivity contribution is -0.117. The van der Waals surface area contributed by atoms with E-state index in [9.17, 15) is 22.0 Å². The predicted octanol–water partition coefficient (Wildman–Crippen LogP) is 2.90. The van der Waals surface area contributed by atoms with Crippen molar-refractivity contribution in [2.75, 3.05) is 23.3 Å². The Bertz CT molecular complexity index is 963. The summed E-state index contributed by atoms with van der Waals surface area (Å²) in [6.45, 7) is 0.550. The molecule has 9 heteroatoms. The maximum atomic E-state index is 13.8. The maximum absolute atomic E-state index is 13.8. The molecule has 138 valence electrons. The number of ether oxygens (including phenoxy) is 1. The van der Waals surface area contributed by atoms with Gasteiger partial charge in [-0.05, 0) is 36.8 Å². The van der Waals surface area contributed by atoms with Gasteiger partial charge in [0.2, 0.25) is 5.91 Å². The van der Waals surface area contributed by atoms with Gasteiger partial charge in [-0.2, -0.15) is 0 Å². The fourth-order valence-electron chi connectivity index (χ4n) is 2.76. The van der Waals surface area contributed by atoms with Crippen molar-refractivity contribution in [3.8, 4) is 5.75 Å². The molecule has 6 nitrogen and oxygen atoms in total. The first-order valence-corrected chi connectivity index (χ1v) is 9.26. The lowest BCUT2D eigenvalue weighted by Crippen LogP contribution is -2.24. The summed E-state index contributed by atoms with van der Waals surface area (Å²) in [5, 5.41) is 0. The first-order chi connectivity index (χ1) is 12.3. The molecule has 0 aliphatic carbocycles. The van der Waals surface area contributed by atoms with Crippen LogP contribution in [0.15, 0.2) is 41.3 Å². The Balaban J connectivity index is 1.92. The van der Waals surface area contributed by atoms with Crippen LogP contribution in [0.1, 0.15) is 12.8 Å². The normalized spacial score (nSPS) is 14.6. The second-order valence-electron chi connectivity index (χ2n) is 5.72. The molecule has 0 bridgehead atoms. The van der Waals surface area contributed by atoms with Crippen molar-refractivity contribution in [1.82, 2.24) is 0 Å². The van der Waals surface area contributed by atoms with Gasteiger partial charge in [-0.25, -0.2) is 17.2 Å². The van der Waals surface area contributed by atoms with Gasteiger partial charge < -0.3 is 9.64 Å². The minimum Gasteiger partial charge on any atom is -0.494 e. The summed E-state index contributed by atoms with van der Waals surface area (Å²) in [7, 11) is -2.94. The van der Waals surface area contributed by atoms with Gasteiger partial charge in [0, 0.05) is 19.0 Å². The van der Waals surface area contributed by atoms with Crippen molar-refractivity contribution in [2.45, 2.75) is 17.7 Å². The van der Waals surface area contributed by atoms with Crippen LogP contribution in [0, 0.1) is 11.6 Å². The molecule has 0 radical (unpaired) electrons. The number of nitrogens with zero attached hydrogens (tertiary/aromatic N) is 1. The second-order valence-corrected chi connectivity index (χ2v) is 7.37. The summed E-state index contributed by atoms with van der Waals surface area (Å²) in [6, 6.07) is 6.54. The third-order valence-corrected chi connectivity index (χ3v) is 5.38. The number of hydrogen-bond acceptors (Lipinski definition) is 4. The van der Waals surface area contributed by atoms with Gasteiger partial charge in [0.15, 0.2) is 0 Å². The molecule has 1 heterocycles. The average Bonchev–Trinajstić information content (AvgIpc) is 3.02. The Hall–Kier alpha value is -2.68. The van der Waals surface area contributed by atoms with E-state index in [0.29, 0.717) is 30.5 Å². The highest BCUT2D eigenvalue weighted by Gasteiger charge is 2.25. The lowest BCUT2D eigenvalue weighted by atomic mass is 10.2. The molecule has 0 atom stereocenters. The van der Waals surface area contributed by atoms with Crippen LogP contribution in [0.2, 0.25) is 0 Å². The van der Waals surface area contributed by atoms with Gasteiger partial charge in [-0.3, -0.25) is 9.52 Å². The molecule has 1 aliphatic heterocycles. The van der Waals surface area contributed by atoms with Crippen molar-refractivity contribution >= 4 is 27.3 Å². The molecule has 2 aromatic rings. The lowest BCUT2D eigenvalue weighted by Gasteiger charge is -2.20. The number of methoxy groups -OCH3 is 1. The molecular weight excluding hydrogens is 366 g/mol. The Labute approximate surface area is 149 Å². The molecule has 1 N–H and O–H groups in total. The largest absolute Gasteiger partial charge is 0.494 e. The van der Waals surface area contributed by atoms with E-state index in [-0.39, 0.29) is 11.6 Å². The quantitative estimate of drug-likeness (QED) is 0.863. The summed E-state index contributed by atoms with van der Waals surface area (Å²) in [5.41, 5.74) is 0.621. The molecule has 1 saturated heterocycles. The van der Waals surface area contributed by atoms with Gasteiger partial charge in [0.05, 0.1) is 18.5 Å². The maximum Gasteiger partial charge on any atom is 0.264 e. The highest BCUT2D eigenvalue weighted by Crippen LogP contribution is 2.34. The van der Waals surface area contributed by atoms with Crippen LogP contribution < -0.4 is 14.4 Å². The molecule has 1 fully saturated rings. The van der Waals surface area contributed by atoms with Crippen molar-refractivity contribution in [3.05, 3.63) is 48.0 Å². The zero-order valence-electron chi connectivity index (χ0n) is 13.8. The highest BCUT2D eigenvalue weighted by molar-refractivity contribution is 7.92. The molecule has 1 amide bonds. The number of benzene rings is 2. The summed E-state index contributed by atoms with van der Waals surface area (Å²) < 4.78 is 59.2. The van der Waals surface area contributed by atoms with Crippen LogP contribution in [0.25, 0.3) is 0 Å². The van der Waals surface area contributed by atoms with E-state index in [4.69, 9.17) is 4.74 Å². The molecule has 2 aromatic carbocycles. The van der Waals surface area contributed by atoms with Gasteiger partial charge in [0.25, 0.3) is 10.0 Å². The molecule has 3 rings (SSSR count). The van der Waals surface area contributed by atoms with Crippen LogP contribution in [0.5, 0.6) is 5.75 Å². The van der Waals surface area contributed by atoms with Gasteiger partial charge in [-0.15, -0.1) is 0 Å². The van der Waals surface area contributed by atoms with Gasteiger partial charge in [0.1, 0.15) is 22.3 Å². The summed E-state index contributed by atoms with van der Waals surface area (Å²) in [5.74, 6) is -1.68. The van der Waals surface area contributed by atoms with E-state index in [1.165, 1.54) is 19.2 Å². The number of nitrogens with one attached hydrogen (secondary N) is 1. The molecular formula is C17H16F2N2O4S. The first kappa shape index (κ1) is 18.1. The van der Waals surface area contributed by atoms with E-state index >= 15 is 0 Å². The van der Waals surface area contributed by atoms with Crippen LogP contribution in [0.4, 0.5) is 20.2 Å². The van der Waals surface area contributed by atoms with Crippen molar-refractivity contribution in [3.63, 3.8) is 0 Å². The average molecular weight is 382 g/mol. The van der Waals surface area contributed by atoms with Crippen LogP contribution in [-0.4, -0.2) is 28.0 Å². The van der Waals surface area contributed by atoms with E-state index < -0.39 is 26.6 Å². The minimum atomic E-state index is -4.34. The highest BCUT2D eigenvalue weighted by atomic mass is 32.2. The third-order valence-electron chi connectivity index (χ3n) is 3.98. The van der Waals surface area contributed by atoms with Gasteiger partial charge in [-0.1, -0.05) is 0 Å². The fraction of sp³-hybridized carbons (Fsp3) is 0.235. The molecule has 0 spiro atoms. The fourth-order valence-corrected chi connectivity index (χ4v) is 3.90. The Kier molecular flexibility index (Phi) is 4.82. The van der Waals surface area contributed by atoms with E-state index in [2.05, 4.69) is 4.72 Å². The van der Waals surface area contributed by atoms with E-state index in [1.54, 1.807) is 11.0 Å². The first-order valence-electron chi connectivity index (χ1n) is 7.78. The Morgan fingerprint density at radius 1 is 1.15 bits per heavy atom. The molecule has 0 unspecified atom stereocenters. The molecule has 1 aliphatic rings. The number of hydrogen-bond donors (Lipinski definition) is 1. The van der Waals surface area contributed by atoms with E-state index in [1.807, 2.05) is 0 Å². The zero-order chi connectivity index (χ0) is 18.9. The van der Waals surface area contributed by atoms with Crippen molar-refractivity contribution in [1.29, 1.82) is 0 Å². The molecule has 0 aromatic heterocycles. The van der Waals surface area contributed by atoms with Crippen molar-refractivity contribution in [2.24, 2.45) is 0 Å². The summed E-state index contributed by atoms with van der Waals surface area (Å²) in [6.07, 6.45) is 1.17. The number of halogens is 2. The van der Waals surface area contributed by atoms with Crippen LogP contribution in [0.3, 0.4) is 0 Å². The number of carbonyl (C=O) groups excluding carboxylic acids is 1. The number of carbonyl (C=O) groups is 1. The summed E-state index contributed by atoms with van der Waals surface area (Å²) >= 11 is 0. The van der Waals surface area contributed by atoms with Crippen molar-refractivity contribution < 1.29 is 26.7 Å². The topological polar surface area (TPSA) is 75.7 Å². The second kappa shape index (κ2) is 6.91. The number of rotatable bonds is 5.